The molecule has 2 aromatic rings. The Balaban J connectivity index is 2.11. The normalized spacial score (nSPS) is 12.9. The molecule has 3 heteroatoms. The summed E-state index contributed by atoms with van der Waals surface area (Å²) in [5.74, 6) is 0.726. The van der Waals surface area contributed by atoms with Gasteiger partial charge in [-0.2, -0.15) is 0 Å². The molecule has 2 nitrogen and oxygen atoms in total. The third-order valence-electron chi connectivity index (χ3n) is 3.05. The molecule has 0 saturated heterocycles. The smallest absolute Gasteiger partial charge is 0.226 e. The largest absolute Gasteiger partial charge is 0.461 e. The van der Waals surface area contributed by atoms with Gasteiger partial charge in [0, 0.05) is 11.0 Å². The Morgan fingerprint density at radius 1 is 0.952 bits per heavy atom. The van der Waals surface area contributed by atoms with Gasteiger partial charge in [-0.1, -0.05) is 62.4 Å². The van der Waals surface area contributed by atoms with Gasteiger partial charge in [0.15, 0.2) is 0 Å². The van der Waals surface area contributed by atoms with E-state index in [1.54, 1.807) is 0 Å². The fraction of sp³-hybridized carbons (Fsp3) is 0.333. The van der Waals surface area contributed by atoms with Crippen molar-refractivity contribution in [2.24, 2.45) is 5.41 Å². The lowest BCUT2D eigenvalue weighted by atomic mass is 9.97. The van der Waals surface area contributed by atoms with Crippen LogP contribution in [0.1, 0.15) is 25.7 Å². The maximum atomic E-state index is 12.9. The second kappa shape index (κ2) is 7.23. The number of para-hydroxylation sites is 1. The van der Waals surface area contributed by atoms with Crippen LogP contribution < -0.4 is 4.74 Å². The second-order valence-corrected chi connectivity index (χ2v) is 5.78. The van der Waals surface area contributed by atoms with E-state index in [4.69, 9.17) is 9.47 Å². The Kier molecular flexibility index (Phi) is 5.34. The minimum absolute atomic E-state index is 0.288. The van der Waals surface area contributed by atoms with Gasteiger partial charge in [0.05, 0.1) is 13.3 Å². The summed E-state index contributed by atoms with van der Waals surface area (Å²) in [6.07, 6.45) is -0.542. The molecular formula is C18H21FO2. The minimum atomic E-state index is -0.542. The Bertz CT molecular complexity index is 525. The molecule has 2 rings (SSSR count). The average molecular weight is 288 g/mol. The highest BCUT2D eigenvalue weighted by Gasteiger charge is 2.22. The molecule has 0 aliphatic heterocycles. The molecule has 0 aromatic heterocycles. The van der Waals surface area contributed by atoms with E-state index in [0.29, 0.717) is 0 Å². The van der Waals surface area contributed by atoms with Gasteiger partial charge in [0.1, 0.15) is 5.75 Å². The van der Waals surface area contributed by atoms with Crippen LogP contribution in [0.5, 0.6) is 5.75 Å². The van der Waals surface area contributed by atoms with E-state index in [1.807, 2.05) is 74.5 Å². The van der Waals surface area contributed by atoms with E-state index in [2.05, 4.69) is 0 Å². The average Bonchev–Trinajstić information content (AvgIpc) is 2.53. The number of benzene rings is 2. The molecule has 0 heterocycles. The van der Waals surface area contributed by atoms with Crippen LogP contribution in [-0.2, 0) is 4.74 Å². The summed E-state index contributed by atoms with van der Waals surface area (Å²) in [5.41, 5.74) is 0.392. The molecule has 1 atom stereocenters. The van der Waals surface area contributed by atoms with Crippen LogP contribution in [0.3, 0.4) is 0 Å². The van der Waals surface area contributed by atoms with Gasteiger partial charge in [-0.05, 0) is 12.1 Å². The lowest BCUT2D eigenvalue weighted by molar-refractivity contribution is -0.110. The van der Waals surface area contributed by atoms with E-state index in [1.165, 1.54) is 0 Å². The number of halogens is 1. The molecule has 0 fully saturated rings. The van der Waals surface area contributed by atoms with Crippen LogP contribution in [0.2, 0.25) is 0 Å². The number of hydrogen-bond acceptors (Lipinski definition) is 2. The van der Waals surface area contributed by atoms with E-state index in [-0.39, 0.29) is 6.61 Å². The van der Waals surface area contributed by atoms with Crippen molar-refractivity contribution in [2.45, 2.75) is 20.1 Å². The summed E-state index contributed by atoms with van der Waals surface area (Å²) in [6.45, 7) is 3.52. The summed E-state index contributed by atoms with van der Waals surface area (Å²) >= 11 is 0. The van der Waals surface area contributed by atoms with Crippen molar-refractivity contribution in [3.63, 3.8) is 0 Å². The van der Waals surface area contributed by atoms with Crippen molar-refractivity contribution in [1.29, 1.82) is 0 Å². The maximum absolute atomic E-state index is 12.9. The van der Waals surface area contributed by atoms with Gasteiger partial charge in [-0.3, -0.25) is 4.39 Å². The lowest BCUT2D eigenvalue weighted by Crippen LogP contribution is -2.25. The summed E-state index contributed by atoms with van der Waals surface area (Å²) in [5, 5.41) is 0. The molecule has 2 aromatic carbocycles. The van der Waals surface area contributed by atoms with Gasteiger partial charge in [0.25, 0.3) is 0 Å². The van der Waals surface area contributed by atoms with Crippen molar-refractivity contribution in [1.82, 2.24) is 0 Å². The maximum Gasteiger partial charge on any atom is 0.226 e. The number of rotatable bonds is 7. The van der Waals surface area contributed by atoms with E-state index in [0.717, 1.165) is 11.3 Å². The molecule has 0 bridgehead atoms. The quantitative estimate of drug-likeness (QED) is 0.683. The third kappa shape index (κ3) is 4.87. The van der Waals surface area contributed by atoms with Crippen molar-refractivity contribution in [3.8, 4) is 5.75 Å². The molecule has 21 heavy (non-hydrogen) atoms. The summed E-state index contributed by atoms with van der Waals surface area (Å²) < 4.78 is 24.7. The number of hydrogen-bond donors (Lipinski definition) is 0. The summed E-state index contributed by atoms with van der Waals surface area (Å²) in [4.78, 5) is 0. The zero-order chi connectivity index (χ0) is 15.1. The fourth-order valence-electron chi connectivity index (χ4n) is 1.77. The van der Waals surface area contributed by atoms with Gasteiger partial charge < -0.3 is 9.47 Å². The highest BCUT2D eigenvalue weighted by molar-refractivity contribution is 5.23. The van der Waals surface area contributed by atoms with Gasteiger partial charge in [-0.15, -0.1) is 0 Å². The zero-order valence-corrected chi connectivity index (χ0v) is 12.5. The lowest BCUT2D eigenvalue weighted by Gasteiger charge is -2.26. The first-order valence-corrected chi connectivity index (χ1v) is 7.05. The zero-order valence-electron chi connectivity index (χ0n) is 12.5. The van der Waals surface area contributed by atoms with E-state index in [9.17, 15) is 4.39 Å². The predicted octanol–water partition coefficient (Wildman–Crippen LogP) is 4.78. The molecule has 0 aliphatic carbocycles. The van der Waals surface area contributed by atoms with E-state index < -0.39 is 18.4 Å². The molecule has 0 N–H and O–H groups in total. The number of alkyl halides is 1. The molecule has 1 unspecified atom stereocenters. The predicted molar refractivity (Wildman–Crippen MR) is 82.0 cm³/mol. The molecule has 112 valence electrons. The van der Waals surface area contributed by atoms with Crippen LogP contribution in [0.4, 0.5) is 4.39 Å². The standard InChI is InChI=1S/C18H21FO2/c1-18(2,13-19)14-20-17(15-9-5-3-6-10-15)21-16-11-7-4-8-12-16/h3-12,17H,13-14H2,1-2H3. The fourth-order valence-corrected chi connectivity index (χ4v) is 1.77. The summed E-state index contributed by atoms with van der Waals surface area (Å²) in [6, 6.07) is 19.2. The first-order chi connectivity index (χ1) is 10.1. The minimum Gasteiger partial charge on any atom is -0.461 e. The molecule has 0 radical (unpaired) electrons. The van der Waals surface area contributed by atoms with E-state index >= 15 is 0 Å². The monoisotopic (exact) mass is 288 g/mol. The Hall–Kier alpha value is -1.87. The van der Waals surface area contributed by atoms with Crippen LogP contribution in [0.25, 0.3) is 0 Å². The summed E-state index contributed by atoms with van der Waals surface area (Å²) in [7, 11) is 0. The van der Waals surface area contributed by atoms with Gasteiger partial charge >= 0.3 is 0 Å². The van der Waals surface area contributed by atoms with Crippen LogP contribution in [-0.4, -0.2) is 13.3 Å². The molecule has 0 aliphatic rings. The van der Waals surface area contributed by atoms with Crippen molar-refractivity contribution >= 4 is 0 Å². The first kappa shape index (κ1) is 15.5. The first-order valence-electron chi connectivity index (χ1n) is 7.05. The van der Waals surface area contributed by atoms with Gasteiger partial charge in [-0.25, -0.2) is 0 Å². The Morgan fingerprint density at radius 3 is 2.10 bits per heavy atom. The topological polar surface area (TPSA) is 18.5 Å². The van der Waals surface area contributed by atoms with Crippen LogP contribution >= 0.6 is 0 Å². The van der Waals surface area contributed by atoms with Crippen LogP contribution in [0, 0.1) is 5.41 Å². The van der Waals surface area contributed by atoms with Crippen LogP contribution in [0.15, 0.2) is 60.7 Å². The molecule has 0 spiro atoms. The Labute approximate surface area is 125 Å². The van der Waals surface area contributed by atoms with Crippen molar-refractivity contribution in [2.75, 3.05) is 13.3 Å². The molecule has 0 amide bonds. The SMILES string of the molecule is CC(C)(CF)COC(Oc1ccccc1)c1ccccc1. The molecular weight excluding hydrogens is 267 g/mol. The highest BCUT2D eigenvalue weighted by atomic mass is 19.1. The number of ether oxygens (including phenoxy) is 2. The van der Waals surface area contributed by atoms with Crippen molar-refractivity contribution < 1.29 is 13.9 Å². The second-order valence-electron chi connectivity index (χ2n) is 5.78. The molecule has 0 saturated carbocycles. The Morgan fingerprint density at radius 2 is 1.52 bits per heavy atom. The van der Waals surface area contributed by atoms with Crippen molar-refractivity contribution in [3.05, 3.63) is 66.2 Å². The third-order valence-corrected chi connectivity index (χ3v) is 3.05. The van der Waals surface area contributed by atoms with Gasteiger partial charge in [0.2, 0.25) is 6.29 Å². The highest BCUT2D eigenvalue weighted by Crippen LogP contribution is 2.26.